The molecule has 1 N–H and O–H groups in total. The molecule has 20 nitrogen and oxygen atoms in total. The first kappa shape index (κ1) is 62.3. The Morgan fingerprint density at radius 1 is 0.586 bits per heavy atom. The highest BCUT2D eigenvalue weighted by molar-refractivity contribution is 7.08. The Balaban J connectivity index is 0.000000208. The third-order valence-corrected chi connectivity index (χ3v) is 16.3. The lowest BCUT2D eigenvalue weighted by atomic mass is 9.94. The van der Waals surface area contributed by atoms with Crippen molar-refractivity contribution in [2.45, 2.75) is 63.4 Å². The second-order valence-electron chi connectivity index (χ2n) is 20.2. The molecule has 87 heavy (non-hydrogen) atoms. The number of benzene rings is 4. The third kappa shape index (κ3) is 14.1. The zero-order chi connectivity index (χ0) is 61.7. The number of nitrogens with zero attached hydrogens (tertiary/aromatic N) is 4. The number of rotatable bonds is 20. The van der Waals surface area contributed by atoms with Crippen LogP contribution < -0.4 is 28.7 Å². The molecule has 0 spiro atoms. The summed E-state index contributed by atoms with van der Waals surface area (Å²) in [4.78, 5) is 84.6. The van der Waals surface area contributed by atoms with Gasteiger partial charge in [0.05, 0.1) is 68.8 Å². The topological polar surface area (TPSA) is 219 Å². The van der Waals surface area contributed by atoms with Crippen LogP contribution in [0.1, 0.15) is 66.9 Å². The molecule has 0 saturated carbocycles. The first-order valence-electron chi connectivity index (χ1n) is 27.6. The van der Waals surface area contributed by atoms with E-state index in [1.165, 1.54) is 57.5 Å². The second-order valence-corrected chi connectivity index (χ2v) is 21.8. The number of carbonyl (C=O) groups excluding carboxylic acids is 5. The molecule has 454 valence electrons. The molecule has 0 saturated heterocycles. The minimum atomic E-state index is -0.930. The summed E-state index contributed by atoms with van der Waals surface area (Å²) in [5, 5.41) is 17.3. The van der Waals surface area contributed by atoms with Gasteiger partial charge < -0.3 is 57.5 Å². The average molecular weight is 1220 g/mol. The number of fused-ring (bicyclic) bond motifs is 4. The van der Waals surface area contributed by atoms with E-state index >= 15 is 0 Å². The largest absolute Gasteiger partial charge is 0.493 e. The predicted molar refractivity (Wildman–Crippen MR) is 328 cm³/mol. The van der Waals surface area contributed by atoms with Crippen molar-refractivity contribution in [2.75, 3.05) is 71.7 Å². The first-order chi connectivity index (χ1) is 42.2. The van der Waals surface area contributed by atoms with Crippen molar-refractivity contribution in [1.82, 2.24) is 9.80 Å². The molecule has 4 aliphatic rings. The van der Waals surface area contributed by atoms with Crippen LogP contribution in [-0.4, -0.2) is 137 Å². The second kappa shape index (κ2) is 28.8. The number of ether oxygens (including phenoxy) is 9. The fourth-order valence-electron chi connectivity index (χ4n) is 10.9. The number of thiophene rings is 2. The molecule has 4 aromatic carbocycles. The van der Waals surface area contributed by atoms with Crippen molar-refractivity contribution in [2.24, 2.45) is 0 Å². The van der Waals surface area contributed by atoms with Gasteiger partial charge in [0, 0.05) is 39.4 Å². The normalized spacial score (nSPS) is 17.6. The van der Waals surface area contributed by atoms with Gasteiger partial charge in [-0.1, -0.05) is 86.0 Å². The Kier molecular flexibility index (Phi) is 20.6. The van der Waals surface area contributed by atoms with Gasteiger partial charge in [0.25, 0.3) is 11.8 Å². The van der Waals surface area contributed by atoms with Crippen LogP contribution in [0.25, 0.3) is 11.1 Å². The average Bonchev–Trinajstić information content (AvgIpc) is 1.72. The standard InChI is InChI=1S/C33H34N2O8S.C32H32N2O8S/c1-5-12-42-33(38)35-26-18-29(43-19-22-8-6-7-21(14-22)15-30(36)40-3)28(39-2)17-25(26)31(37)34-11-9-23(24-10-13-44-20-24)16-27(34)32(35)41-4;1-4-11-41-32(38)34-25-17-28(42-18-21-7-5-6-20(13-21)14-29(35)36)27(39-2)16-24(25)30(37)33-10-8-22(23-9-12-43-19-23)15-26(33)31(34)40-3/h5-10,13-14,17-18,20,27,32H,1,11-12,15-16,19H2,2-4H3;4-9,12-13,16-17,19,26,31H,1,10-11,14-15,18H2,2-3H3,(H,35,36)/t27-,32?;26-,31?/m00/s1. The molecule has 0 bridgehead atoms. The van der Waals surface area contributed by atoms with E-state index in [9.17, 15) is 28.8 Å². The van der Waals surface area contributed by atoms with E-state index in [4.69, 9.17) is 47.7 Å². The Bertz CT molecular complexity index is 3580. The van der Waals surface area contributed by atoms with Crippen LogP contribution >= 0.6 is 22.7 Å². The highest BCUT2D eigenvalue weighted by Gasteiger charge is 2.48. The van der Waals surface area contributed by atoms with E-state index in [1.807, 2.05) is 65.4 Å². The fourth-order valence-corrected chi connectivity index (χ4v) is 12.3. The first-order valence-corrected chi connectivity index (χ1v) is 29.5. The predicted octanol–water partition coefficient (Wildman–Crippen LogP) is 10.8. The number of carboxylic acid groups (broad SMARTS) is 1. The maximum Gasteiger partial charge on any atom is 0.416 e. The number of aliphatic carboxylic acids is 1. The van der Waals surface area contributed by atoms with Crippen LogP contribution in [0.2, 0.25) is 0 Å². The van der Waals surface area contributed by atoms with Gasteiger partial charge in [0.15, 0.2) is 35.5 Å². The minimum Gasteiger partial charge on any atom is -0.493 e. The summed E-state index contributed by atoms with van der Waals surface area (Å²) in [6.45, 7) is 8.14. The summed E-state index contributed by atoms with van der Waals surface area (Å²) in [5.41, 5.74) is 8.27. The summed E-state index contributed by atoms with van der Waals surface area (Å²) >= 11 is 3.19. The van der Waals surface area contributed by atoms with Gasteiger partial charge in [-0.05, 0) is 103 Å². The summed E-state index contributed by atoms with van der Waals surface area (Å²) in [6, 6.07) is 23.9. The molecule has 6 aromatic rings. The van der Waals surface area contributed by atoms with Crippen molar-refractivity contribution >= 4 is 81.1 Å². The molecule has 4 amide bonds. The number of esters is 1. The van der Waals surface area contributed by atoms with Crippen LogP contribution in [0.15, 0.2) is 144 Å². The maximum absolute atomic E-state index is 14.1. The van der Waals surface area contributed by atoms with E-state index < -0.39 is 42.7 Å². The van der Waals surface area contributed by atoms with Crippen LogP contribution in [0.4, 0.5) is 21.0 Å². The fraction of sp³-hybridized carbons (Fsp3) is 0.292. The smallest absolute Gasteiger partial charge is 0.416 e. The zero-order valence-electron chi connectivity index (χ0n) is 48.7. The summed E-state index contributed by atoms with van der Waals surface area (Å²) in [5.74, 6) is -0.615. The minimum absolute atomic E-state index is 0.0229. The Labute approximate surface area is 511 Å². The van der Waals surface area contributed by atoms with E-state index in [0.29, 0.717) is 48.7 Å². The van der Waals surface area contributed by atoms with E-state index in [2.05, 4.69) is 23.9 Å². The highest BCUT2D eigenvalue weighted by Crippen LogP contribution is 2.45. The Hall–Kier alpha value is -9.22. The third-order valence-electron chi connectivity index (χ3n) is 15.0. The number of anilines is 2. The summed E-state index contributed by atoms with van der Waals surface area (Å²) < 4.78 is 51.3. The lowest BCUT2D eigenvalue weighted by Crippen LogP contribution is -2.55. The zero-order valence-corrected chi connectivity index (χ0v) is 50.3. The van der Waals surface area contributed by atoms with Crippen LogP contribution in [0, 0.1) is 0 Å². The van der Waals surface area contributed by atoms with Gasteiger partial charge in [-0.15, -0.1) is 0 Å². The van der Waals surface area contributed by atoms with Crippen LogP contribution in [0.3, 0.4) is 0 Å². The van der Waals surface area contributed by atoms with E-state index in [1.54, 1.807) is 74.9 Å². The summed E-state index contributed by atoms with van der Waals surface area (Å²) in [6.07, 6.45) is 4.84. The summed E-state index contributed by atoms with van der Waals surface area (Å²) in [7, 11) is 7.31. The number of methoxy groups -OCH3 is 5. The van der Waals surface area contributed by atoms with Gasteiger partial charge in [0.2, 0.25) is 0 Å². The van der Waals surface area contributed by atoms with E-state index in [0.717, 1.165) is 39.0 Å². The van der Waals surface area contributed by atoms with Crippen molar-refractivity contribution in [3.05, 3.63) is 188 Å². The number of hydrogen-bond donors (Lipinski definition) is 1. The van der Waals surface area contributed by atoms with Gasteiger partial charge >= 0.3 is 24.1 Å². The molecule has 2 unspecified atom stereocenters. The molecule has 0 radical (unpaired) electrons. The molecule has 0 aliphatic carbocycles. The van der Waals surface area contributed by atoms with Crippen molar-refractivity contribution in [1.29, 1.82) is 0 Å². The van der Waals surface area contributed by atoms with Crippen LogP contribution in [0.5, 0.6) is 23.0 Å². The van der Waals surface area contributed by atoms with Gasteiger partial charge in [-0.2, -0.15) is 22.7 Å². The van der Waals surface area contributed by atoms with Crippen molar-refractivity contribution in [3.8, 4) is 23.0 Å². The molecular weight excluding hydrogens is 1160 g/mol. The number of hydrogen-bond acceptors (Lipinski definition) is 17. The molecule has 4 atom stereocenters. The molecule has 0 fully saturated rings. The molecule has 22 heteroatoms. The van der Waals surface area contributed by atoms with Crippen molar-refractivity contribution < 1.29 is 76.5 Å². The van der Waals surface area contributed by atoms with E-state index in [-0.39, 0.29) is 85.3 Å². The van der Waals surface area contributed by atoms with Gasteiger partial charge in [-0.25, -0.2) is 19.4 Å². The molecule has 6 heterocycles. The maximum atomic E-state index is 14.1. The number of carboxylic acids is 1. The quantitative estimate of drug-likeness (QED) is 0.0427. The van der Waals surface area contributed by atoms with Gasteiger partial charge in [-0.3, -0.25) is 19.2 Å². The molecule has 10 rings (SSSR count). The lowest BCUT2D eigenvalue weighted by Gasteiger charge is -2.40. The monoisotopic (exact) mass is 1220 g/mol. The number of carbonyl (C=O) groups is 6. The van der Waals surface area contributed by atoms with Crippen molar-refractivity contribution in [3.63, 3.8) is 0 Å². The molecule has 4 aliphatic heterocycles. The highest BCUT2D eigenvalue weighted by atomic mass is 32.1. The van der Waals surface area contributed by atoms with Gasteiger partial charge in [0.1, 0.15) is 26.4 Å². The molecule has 2 aromatic heterocycles. The lowest BCUT2D eigenvalue weighted by molar-refractivity contribution is -0.140. The van der Waals surface area contributed by atoms with Crippen LogP contribution in [-0.2, 0) is 59.3 Å². The SMILES string of the molecule is C=CCOC(=O)N1c2cc(OCc3cccc(CC(=O)O)c3)c(OC)cc2C(=O)N2CC=C(c3ccsc3)C[C@H]2C1OC.C=CCOC(=O)N1c2cc(OCc3cccc(CC(=O)OC)c3)c(OC)cc2C(=O)N2CC=C(c3ccsc3)C[C@H]2C1OC. The Morgan fingerprint density at radius 2 is 1.02 bits per heavy atom. The molecular formula is C65H66N4O16S2. The Morgan fingerprint density at radius 3 is 1.40 bits per heavy atom. The number of amides is 4.